The monoisotopic (exact) mass is 389 g/mol. The van der Waals surface area contributed by atoms with Crippen LogP contribution in [0.25, 0.3) is 0 Å². The fraction of sp³-hybridized carbons (Fsp3) is 0.300. The SMILES string of the molecule is O=C(COc1ccc(Cl)cc1)O[C@H](C(=O)N1CCOCC1)c1ccccc1. The number of amides is 1. The molecule has 1 aliphatic heterocycles. The van der Waals surface area contributed by atoms with Crippen molar-refractivity contribution in [2.24, 2.45) is 0 Å². The first-order valence-corrected chi connectivity index (χ1v) is 9.00. The van der Waals surface area contributed by atoms with Gasteiger partial charge < -0.3 is 19.1 Å². The van der Waals surface area contributed by atoms with Gasteiger partial charge in [0.25, 0.3) is 5.91 Å². The number of ether oxygens (including phenoxy) is 3. The number of halogens is 1. The van der Waals surface area contributed by atoms with Crippen LogP contribution in [0.2, 0.25) is 5.02 Å². The molecular formula is C20H20ClNO5. The molecule has 6 nitrogen and oxygen atoms in total. The van der Waals surface area contributed by atoms with Crippen LogP contribution < -0.4 is 4.74 Å². The summed E-state index contributed by atoms with van der Waals surface area (Å²) in [7, 11) is 0. The topological polar surface area (TPSA) is 65.1 Å². The molecule has 0 aromatic heterocycles. The van der Waals surface area contributed by atoms with E-state index in [4.69, 9.17) is 25.8 Å². The molecule has 1 aliphatic rings. The van der Waals surface area contributed by atoms with E-state index in [1.54, 1.807) is 53.4 Å². The Morgan fingerprint density at radius 2 is 1.70 bits per heavy atom. The van der Waals surface area contributed by atoms with E-state index in [1.807, 2.05) is 6.07 Å². The Morgan fingerprint density at radius 1 is 1.04 bits per heavy atom. The van der Waals surface area contributed by atoms with Gasteiger partial charge in [-0.15, -0.1) is 0 Å². The van der Waals surface area contributed by atoms with E-state index in [0.29, 0.717) is 42.6 Å². The zero-order valence-electron chi connectivity index (χ0n) is 14.7. The zero-order chi connectivity index (χ0) is 19.1. The van der Waals surface area contributed by atoms with Gasteiger partial charge in [-0.2, -0.15) is 0 Å². The Morgan fingerprint density at radius 3 is 2.37 bits per heavy atom. The number of carbonyl (C=O) groups excluding carboxylic acids is 2. The molecular weight excluding hydrogens is 370 g/mol. The molecule has 2 aromatic carbocycles. The van der Waals surface area contributed by atoms with Gasteiger partial charge in [-0.3, -0.25) is 4.79 Å². The van der Waals surface area contributed by atoms with Crippen molar-refractivity contribution in [2.45, 2.75) is 6.10 Å². The van der Waals surface area contributed by atoms with Crippen LogP contribution in [0.4, 0.5) is 0 Å². The van der Waals surface area contributed by atoms with Gasteiger partial charge in [-0.25, -0.2) is 4.79 Å². The highest BCUT2D eigenvalue weighted by atomic mass is 35.5. The lowest BCUT2D eigenvalue weighted by Gasteiger charge is -2.30. The minimum Gasteiger partial charge on any atom is -0.482 e. The largest absolute Gasteiger partial charge is 0.482 e. The molecule has 0 saturated carbocycles. The zero-order valence-corrected chi connectivity index (χ0v) is 15.4. The van der Waals surface area contributed by atoms with Crippen LogP contribution in [0, 0.1) is 0 Å². The van der Waals surface area contributed by atoms with Crippen LogP contribution in [0.5, 0.6) is 5.75 Å². The molecule has 0 N–H and O–H groups in total. The summed E-state index contributed by atoms with van der Waals surface area (Å²) in [5, 5.41) is 0.574. The normalized spacial score (nSPS) is 15.1. The molecule has 2 aromatic rings. The fourth-order valence-electron chi connectivity index (χ4n) is 2.68. The molecule has 3 rings (SSSR count). The van der Waals surface area contributed by atoms with Crippen molar-refractivity contribution < 1.29 is 23.8 Å². The maximum atomic E-state index is 12.9. The smallest absolute Gasteiger partial charge is 0.345 e. The average Bonchev–Trinajstić information content (AvgIpc) is 2.72. The maximum Gasteiger partial charge on any atom is 0.345 e. The van der Waals surface area contributed by atoms with Crippen molar-refractivity contribution in [3.63, 3.8) is 0 Å². The second-order valence-electron chi connectivity index (χ2n) is 5.96. The molecule has 27 heavy (non-hydrogen) atoms. The molecule has 0 aliphatic carbocycles. The van der Waals surface area contributed by atoms with E-state index in [0.717, 1.165) is 0 Å². The summed E-state index contributed by atoms with van der Waals surface area (Å²) in [6.45, 7) is 1.59. The van der Waals surface area contributed by atoms with Crippen molar-refractivity contribution in [1.29, 1.82) is 0 Å². The second kappa shape index (κ2) is 9.39. The standard InChI is InChI=1S/C20H20ClNO5/c21-16-6-8-17(9-7-16)26-14-18(23)27-19(15-4-2-1-3-5-15)20(24)22-10-12-25-13-11-22/h1-9,19H,10-14H2/t19-/m0/s1. The number of hydrogen-bond donors (Lipinski definition) is 0. The number of benzene rings is 2. The summed E-state index contributed by atoms with van der Waals surface area (Å²) >= 11 is 5.82. The Labute approximate surface area is 162 Å². The van der Waals surface area contributed by atoms with E-state index >= 15 is 0 Å². The van der Waals surface area contributed by atoms with Crippen LogP contribution in [0.1, 0.15) is 11.7 Å². The highest BCUT2D eigenvalue weighted by Crippen LogP contribution is 2.22. The van der Waals surface area contributed by atoms with Gasteiger partial charge in [0.2, 0.25) is 6.10 Å². The third-order valence-electron chi connectivity index (χ3n) is 4.07. The summed E-state index contributed by atoms with van der Waals surface area (Å²) in [4.78, 5) is 26.8. The first-order chi connectivity index (χ1) is 13.1. The maximum absolute atomic E-state index is 12.9. The number of rotatable bonds is 6. The van der Waals surface area contributed by atoms with E-state index in [9.17, 15) is 9.59 Å². The van der Waals surface area contributed by atoms with E-state index in [-0.39, 0.29) is 12.5 Å². The highest BCUT2D eigenvalue weighted by molar-refractivity contribution is 6.30. The fourth-order valence-corrected chi connectivity index (χ4v) is 2.80. The number of esters is 1. The Balaban J connectivity index is 1.66. The van der Waals surface area contributed by atoms with Gasteiger partial charge in [0.1, 0.15) is 5.75 Å². The van der Waals surface area contributed by atoms with Crippen LogP contribution in [0.3, 0.4) is 0 Å². The minimum absolute atomic E-state index is 0.260. The molecule has 1 amide bonds. The lowest BCUT2D eigenvalue weighted by atomic mass is 10.1. The summed E-state index contributed by atoms with van der Waals surface area (Å²) in [6.07, 6.45) is -1.01. The highest BCUT2D eigenvalue weighted by Gasteiger charge is 2.30. The molecule has 0 radical (unpaired) electrons. The number of nitrogens with zero attached hydrogens (tertiary/aromatic N) is 1. The van der Waals surface area contributed by atoms with Crippen LogP contribution in [-0.4, -0.2) is 49.7 Å². The Bertz CT molecular complexity index is 760. The van der Waals surface area contributed by atoms with Gasteiger partial charge in [0, 0.05) is 23.7 Å². The van der Waals surface area contributed by atoms with E-state index < -0.39 is 12.1 Å². The van der Waals surface area contributed by atoms with Crippen LogP contribution in [0.15, 0.2) is 54.6 Å². The molecule has 7 heteroatoms. The summed E-state index contributed by atoms with van der Waals surface area (Å²) in [6, 6.07) is 15.6. The molecule has 0 spiro atoms. The number of carbonyl (C=O) groups is 2. The van der Waals surface area contributed by atoms with Gasteiger partial charge >= 0.3 is 5.97 Å². The van der Waals surface area contributed by atoms with Crippen molar-refractivity contribution in [3.05, 3.63) is 65.2 Å². The lowest BCUT2D eigenvalue weighted by molar-refractivity contribution is -0.164. The summed E-state index contributed by atoms with van der Waals surface area (Å²) in [5.41, 5.74) is 0.619. The third-order valence-corrected chi connectivity index (χ3v) is 4.32. The van der Waals surface area contributed by atoms with Crippen LogP contribution in [-0.2, 0) is 19.1 Å². The first kappa shape index (κ1) is 19.2. The van der Waals surface area contributed by atoms with Crippen molar-refractivity contribution in [1.82, 2.24) is 4.90 Å². The molecule has 142 valence electrons. The Kier molecular flexibility index (Phi) is 6.68. The van der Waals surface area contributed by atoms with Gasteiger partial charge in [0.05, 0.1) is 13.2 Å². The molecule has 1 fully saturated rings. The summed E-state index contributed by atoms with van der Waals surface area (Å²) < 4.78 is 16.2. The van der Waals surface area contributed by atoms with E-state index in [1.165, 1.54) is 0 Å². The quantitative estimate of drug-likeness (QED) is 0.711. The minimum atomic E-state index is -1.01. The predicted octanol–water partition coefficient (Wildman–Crippen LogP) is 2.86. The number of morpholine rings is 1. The molecule has 0 bridgehead atoms. The molecule has 0 unspecified atom stereocenters. The van der Waals surface area contributed by atoms with Gasteiger partial charge in [-0.05, 0) is 24.3 Å². The first-order valence-electron chi connectivity index (χ1n) is 8.63. The summed E-state index contributed by atoms with van der Waals surface area (Å²) in [5.74, 6) is -0.392. The van der Waals surface area contributed by atoms with Crippen molar-refractivity contribution in [3.8, 4) is 5.75 Å². The predicted molar refractivity (Wildman–Crippen MR) is 99.6 cm³/mol. The molecule has 1 saturated heterocycles. The average molecular weight is 390 g/mol. The van der Waals surface area contributed by atoms with Gasteiger partial charge in [0.15, 0.2) is 6.61 Å². The van der Waals surface area contributed by atoms with Gasteiger partial charge in [-0.1, -0.05) is 41.9 Å². The third kappa shape index (κ3) is 5.45. The number of hydrogen-bond acceptors (Lipinski definition) is 5. The second-order valence-corrected chi connectivity index (χ2v) is 6.40. The molecule has 1 atom stereocenters. The van der Waals surface area contributed by atoms with Crippen molar-refractivity contribution >= 4 is 23.5 Å². The van der Waals surface area contributed by atoms with Crippen molar-refractivity contribution in [2.75, 3.05) is 32.9 Å². The van der Waals surface area contributed by atoms with Crippen LogP contribution >= 0.6 is 11.6 Å². The van der Waals surface area contributed by atoms with E-state index in [2.05, 4.69) is 0 Å². The Hall–Kier alpha value is -2.57. The molecule has 1 heterocycles. The lowest BCUT2D eigenvalue weighted by Crippen LogP contribution is -2.44.